The van der Waals surface area contributed by atoms with E-state index in [0.717, 1.165) is 0 Å². The minimum atomic E-state index is -1.39. The van der Waals surface area contributed by atoms with Gasteiger partial charge in [-0.2, -0.15) is 11.8 Å². The quantitative estimate of drug-likeness (QED) is 0.0500. The predicted molar refractivity (Wildman–Crippen MR) is 142 cm³/mol. The summed E-state index contributed by atoms with van der Waals surface area (Å²) in [7, 11) is 0. The van der Waals surface area contributed by atoms with Crippen LogP contribution >= 0.6 is 11.8 Å². The van der Waals surface area contributed by atoms with Crippen LogP contribution in [0.25, 0.3) is 0 Å². The smallest absolute Gasteiger partial charge is 0.326 e. The van der Waals surface area contributed by atoms with E-state index in [1.807, 2.05) is 20.1 Å². The number of carboxylic acids is 1. The van der Waals surface area contributed by atoms with E-state index in [1.165, 1.54) is 0 Å². The molecule has 0 aliphatic rings. The van der Waals surface area contributed by atoms with Crippen molar-refractivity contribution < 1.29 is 29.1 Å². The van der Waals surface area contributed by atoms with Gasteiger partial charge >= 0.3 is 5.97 Å². The van der Waals surface area contributed by atoms with Crippen LogP contribution in [0.5, 0.6) is 0 Å². The van der Waals surface area contributed by atoms with Crippen molar-refractivity contribution in [1.29, 1.82) is 0 Å². The van der Waals surface area contributed by atoms with Crippen LogP contribution in [0.15, 0.2) is 4.99 Å². The molecule has 0 aromatic carbocycles. The van der Waals surface area contributed by atoms with Crippen molar-refractivity contribution in [2.45, 2.75) is 76.5 Å². The Bertz CT molecular complexity index is 806. The maximum atomic E-state index is 13.1. The van der Waals surface area contributed by atoms with E-state index in [-0.39, 0.29) is 50.5 Å². The van der Waals surface area contributed by atoms with Crippen LogP contribution in [0.2, 0.25) is 0 Å². The number of nitrogens with two attached hydrogens (primary N) is 4. The van der Waals surface area contributed by atoms with E-state index in [1.54, 1.807) is 11.8 Å². The van der Waals surface area contributed by atoms with Crippen molar-refractivity contribution in [3.8, 4) is 0 Å². The average Bonchev–Trinajstić information content (AvgIpc) is 2.80. The number of carboxylic acid groups (broad SMARTS) is 1. The Labute approximate surface area is 221 Å². The van der Waals surface area contributed by atoms with Gasteiger partial charge in [-0.05, 0) is 50.0 Å². The van der Waals surface area contributed by atoms with E-state index >= 15 is 0 Å². The molecular weight excluding hydrogens is 504 g/mol. The number of rotatable bonds is 19. The highest BCUT2D eigenvalue weighted by Gasteiger charge is 2.30. The molecule has 0 aromatic rings. The number of amides is 4. The lowest BCUT2D eigenvalue weighted by molar-refractivity contribution is -0.142. The molecule has 212 valence electrons. The van der Waals surface area contributed by atoms with Gasteiger partial charge in [0.1, 0.15) is 18.1 Å². The molecule has 0 saturated carbocycles. The maximum Gasteiger partial charge on any atom is 0.326 e. The Kier molecular flexibility index (Phi) is 16.7. The molecule has 0 saturated heterocycles. The monoisotopic (exact) mass is 546 g/mol. The fraction of sp³-hybridized carbons (Fsp3) is 0.727. The summed E-state index contributed by atoms with van der Waals surface area (Å²) in [4.78, 5) is 65.1. The molecule has 14 nitrogen and oxygen atoms in total. The second-order valence-electron chi connectivity index (χ2n) is 8.99. The molecule has 0 aromatic heterocycles. The summed E-state index contributed by atoms with van der Waals surface area (Å²) in [6, 6.07) is -4.31. The van der Waals surface area contributed by atoms with Crippen molar-refractivity contribution in [2.75, 3.05) is 18.6 Å². The van der Waals surface area contributed by atoms with Gasteiger partial charge in [-0.1, -0.05) is 13.8 Å². The summed E-state index contributed by atoms with van der Waals surface area (Å²) in [5.41, 5.74) is 21.6. The lowest BCUT2D eigenvalue weighted by atomic mass is 10.0. The van der Waals surface area contributed by atoms with Gasteiger partial charge in [0.05, 0.1) is 6.04 Å². The van der Waals surface area contributed by atoms with Crippen LogP contribution in [0, 0.1) is 5.92 Å². The summed E-state index contributed by atoms with van der Waals surface area (Å²) >= 11 is 1.54. The third-order valence-electron chi connectivity index (χ3n) is 5.18. The van der Waals surface area contributed by atoms with Gasteiger partial charge in [0.2, 0.25) is 23.6 Å². The van der Waals surface area contributed by atoms with Gasteiger partial charge in [0, 0.05) is 13.0 Å². The topological polar surface area (TPSA) is 258 Å². The molecule has 0 radical (unpaired) electrons. The number of hydrogen-bond donors (Lipinski definition) is 8. The minimum absolute atomic E-state index is 0.0257. The zero-order valence-corrected chi connectivity index (χ0v) is 22.5. The van der Waals surface area contributed by atoms with Crippen LogP contribution in [0.3, 0.4) is 0 Å². The summed E-state index contributed by atoms with van der Waals surface area (Å²) < 4.78 is 0. The highest BCUT2D eigenvalue weighted by atomic mass is 32.2. The normalized spacial score (nSPS) is 14.1. The fourth-order valence-electron chi connectivity index (χ4n) is 3.22. The number of guanidine groups is 1. The number of thioether (sulfide) groups is 1. The number of hydrogen-bond acceptors (Lipinski definition) is 8. The van der Waals surface area contributed by atoms with Crippen molar-refractivity contribution >= 4 is 47.3 Å². The standard InChI is InChI=1S/C22H42N8O6S/c1-12(2)11-16(30-18(32)13(23)8-10-37-3)20(34)28-14(5-4-9-27-22(25)26)19(33)29-15(21(35)36)6-7-17(24)31/h12-16H,4-11,23H2,1-3H3,(H2,24,31)(H,28,34)(H,29,33)(H,30,32)(H,35,36)(H4,25,26,27). The number of carbonyl (C=O) groups is 5. The molecule has 4 amide bonds. The van der Waals surface area contributed by atoms with E-state index in [4.69, 9.17) is 22.9 Å². The van der Waals surface area contributed by atoms with E-state index < -0.39 is 53.8 Å². The lowest BCUT2D eigenvalue weighted by Crippen LogP contribution is -2.57. The Hall–Kier alpha value is -3.07. The van der Waals surface area contributed by atoms with E-state index in [2.05, 4.69) is 20.9 Å². The zero-order valence-electron chi connectivity index (χ0n) is 21.7. The Morgan fingerprint density at radius 2 is 1.43 bits per heavy atom. The minimum Gasteiger partial charge on any atom is -0.480 e. The van der Waals surface area contributed by atoms with Crippen molar-refractivity contribution in [3.63, 3.8) is 0 Å². The number of nitrogens with zero attached hydrogens (tertiary/aromatic N) is 1. The molecule has 0 bridgehead atoms. The third kappa shape index (κ3) is 15.6. The number of nitrogens with one attached hydrogen (secondary N) is 3. The van der Waals surface area contributed by atoms with Crippen LogP contribution in [-0.4, -0.2) is 83.4 Å². The van der Waals surface area contributed by atoms with Crippen LogP contribution < -0.4 is 38.9 Å². The van der Waals surface area contributed by atoms with Gasteiger partial charge in [-0.3, -0.25) is 24.2 Å². The molecular formula is C22H42N8O6S. The Morgan fingerprint density at radius 3 is 1.95 bits per heavy atom. The second-order valence-corrected chi connectivity index (χ2v) is 9.98. The molecule has 4 atom stereocenters. The maximum absolute atomic E-state index is 13.1. The van der Waals surface area contributed by atoms with Gasteiger partial charge < -0.3 is 44.0 Å². The molecule has 0 heterocycles. The number of primary amides is 1. The summed E-state index contributed by atoms with van der Waals surface area (Å²) in [5, 5.41) is 17.0. The van der Waals surface area contributed by atoms with Crippen molar-refractivity contribution in [1.82, 2.24) is 16.0 Å². The molecule has 0 fully saturated rings. The van der Waals surface area contributed by atoms with Gasteiger partial charge in [-0.15, -0.1) is 0 Å². The number of aliphatic imine (C=N–C) groups is 1. The Balaban J connectivity index is 5.62. The Morgan fingerprint density at radius 1 is 0.865 bits per heavy atom. The average molecular weight is 547 g/mol. The molecule has 12 N–H and O–H groups in total. The van der Waals surface area contributed by atoms with Crippen LogP contribution in [-0.2, 0) is 24.0 Å². The third-order valence-corrected chi connectivity index (χ3v) is 5.83. The van der Waals surface area contributed by atoms with Crippen LogP contribution in [0.4, 0.5) is 0 Å². The SMILES string of the molecule is CSCCC(N)C(=O)NC(CC(C)C)C(=O)NC(CCCN=C(N)N)C(=O)NC(CCC(N)=O)C(=O)O. The van der Waals surface area contributed by atoms with Crippen LogP contribution in [0.1, 0.15) is 52.4 Å². The number of aliphatic carboxylic acids is 1. The van der Waals surface area contributed by atoms with Gasteiger partial charge in [0.25, 0.3) is 0 Å². The molecule has 0 aliphatic heterocycles. The predicted octanol–water partition coefficient (Wildman–Crippen LogP) is -2.03. The first-order valence-corrected chi connectivity index (χ1v) is 13.4. The molecule has 4 unspecified atom stereocenters. The molecule has 0 rings (SSSR count). The van der Waals surface area contributed by atoms with Gasteiger partial charge in [-0.25, -0.2) is 4.79 Å². The van der Waals surface area contributed by atoms with E-state index in [9.17, 15) is 29.1 Å². The fourth-order valence-corrected chi connectivity index (χ4v) is 3.71. The van der Waals surface area contributed by atoms with Crippen molar-refractivity contribution in [2.24, 2.45) is 33.8 Å². The first-order valence-electron chi connectivity index (χ1n) is 12.0. The van der Waals surface area contributed by atoms with Gasteiger partial charge in [0.15, 0.2) is 5.96 Å². The zero-order chi connectivity index (χ0) is 28.5. The molecule has 0 spiro atoms. The summed E-state index contributed by atoms with van der Waals surface area (Å²) in [6.07, 6.45) is 2.50. The largest absolute Gasteiger partial charge is 0.480 e. The first kappa shape index (κ1) is 33.9. The summed E-state index contributed by atoms with van der Waals surface area (Å²) in [5.74, 6) is -3.39. The second kappa shape index (κ2) is 18.2. The highest BCUT2D eigenvalue weighted by Crippen LogP contribution is 2.09. The highest BCUT2D eigenvalue weighted by molar-refractivity contribution is 7.98. The van der Waals surface area contributed by atoms with E-state index in [0.29, 0.717) is 12.2 Å². The molecule has 37 heavy (non-hydrogen) atoms. The molecule has 15 heteroatoms. The first-order chi connectivity index (χ1) is 17.3. The molecule has 0 aliphatic carbocycles. The summed E-state index contributed by atoms with van der Waals surface area (Å²) in [6.45, 7) is 3.91. The van der Waals surface area contributed by atoms with Crippen molar-refractivity contribution in [3.05, 3.63) is 0 Å². The lowest BCUT2D eigenvalue weighted by Gasteiger charge is -2.26. The number of carbonyl (C=O) groups excluding carboxylic acids is 4.